The molecule has 0 amide bonds. The summed E-state index contributed by atoms with van der Waals surface area (Å²) in [5, 5.41) is 0. The van der Waals surface area contributed by atoms with Gasteiger partial charge in [0, 0.05) is 17.9 Å². The van der Waals surface area contributed by atoms with Crippen LogP contribution in [0, 0.1) is 5.92 Å². The first kappa shape index (κ1) is 19.4. The van der Waals surface area contributed by atoms with Gasteiger partial charge in [-0.3, -0.25) is 0 Å². The van der Waals surface area contributed by atoms with Gasteiger partial charge in [0.05, 0.1) is 45.2 Å². The van der Waals surface area contributed by atoms with Gasteiger partial charge in [-0.15, -0.1) is 0 Å². The largest absolute Gasteiger partial charge is 0.466 e. The van der Waals surface area contributed by atoms with Crippen LogP contribution >= 0.6 is 0 Å². The predicted molar refractivity (Wildman–Crippen MR) is 87.5 cm³/mol. The second-order valence-corrected chi connectivity index (χ2v) is 5.73. The molecule has 2 aliphatic carbocycles. The zero-order valence-corrected chi connectivity index (χ0v) is 15.0. The molecule has 8 nitrogen and oxygen atoms in total. The number of carbonyl (C=O) groups is 4. The highest BCUT2D eigenvalue weighted by molar-refractivity contribution is 6.04. The third-order valence-corrected chi connectivity index (χ3v) is 4.54. The van der Waals surface area contributed by atoms with Crippen molar-refractivity contribution >= 4 is 23.9 Å². The highest BCUT2D eigenvalue weighted by Gasteiger charge is 2.40. The number of fused-ring (bicyclic) bond motifs is 1. The van der Waals surface area contributed by atoms with Crippen molar-refractivity contribution in [3.05, 3.63) is 33.9 Å². The van der Waals surface area contributed by atoms with Gasteiger partial charge in [0.25, 0.3) is 0 Å². The van der Waals surface area contributed by atoms with Crippen LogP contribution in [-0.2, 0) is 38.1 Å². The van der Waals surface area contributed by atoms with Gasteiger partial charge in [0.2, 0.25) is 0 Å². The second kappa shape index (κ2) is 7.99. The minimum Gasteiger partial charge on any atom is -0.466 e. The summed E-state index contributed by atoms with van der Waals surface area (Å²) in [6.45, 7) is 0. The molecule has 0 radical (unpaired) electrons. The summed E-state index contributed by atoms with van der Waals surface area (Å²) in [6, 6.07) is 0. The third kappa shape index (κ3) is 3.40. The molecule has 0 fully saturated rings. The maximum atomic E-state index is 12.3. The third-order valence-electron chi connectivity index (χ3n) is 4.54. The number of carbonyl (C=O) groups excluding carboxylic acids is 4. The number of rotatable bonds is 4. The Balaban J connectivity index is 2.58. The zero-order chi connectivity index (χ0) is 19.4. The molecular weight excluding hydrogens is 344 g/mol. The first-order valence-electron chi connectivity index (χ1n) is 7.86. The first-order valence-corrected chi connectivity index (χ1v) is 7.86. The van der Waals surface area contributed by atoms with Crippen molar-refractivity contribution in [2.75, 3.05) is 28.4 Å². The monoisotopic (exact) mass is 364 g/mol. The molecule has 0 saturated carbocycles. The Morgan fingerprint density at radius 3 is 1.81 bits per heavy atom. The minimum atomic E-state index is -0.682. The number of ether oxygens (including phenoxy) is 4. The van der Waals surface area contributed by atoms with E-state index in [4.69, 9.17) is 18.9 Å². The number of esters is 4. The van der Waals surface area contributed by atoms with Gasteiger partial charge in [0.1, 0.15) is 0 Å². The van der Waals surface area contributed by atoms with Crippen molar-refractivity contribution in [1.82, 2.24) is 0 Å². The Morgan fingerprint density at radius 2 is 1.27 bits per heavy atom. The van der Waals surface area contributed by atoms with Crippen molar-refractivity contribution in [2.45, 2.75) is 19.3 Å². The van der Waals surface area contributed by atoms with E-state index in [1.54, 1.807) is 6.08 Å². The Labute approximate surface area is 150 Å². The fourth-order valence-corrected chi connectivity index (χ4v) is 3.29. The molecule has 26 heavy (non-hydrogen) atoms. The molecule has 0 heterocycles. The molecule has 0 bridgehead atoms. The summed E-state index contributed by atoms with van der Waals surface area (Å²) in [5.74, 6) is -3.20. The fourth-order valence-electron chi connectivity index (χ4n) is 3.29. The molecule has 0 aromatic rings. The van der Waals surface area contributed by atoms with E-state index in [0.717, 1.165) is 5.57 Å². The van der Waals surface area contributed by atoms with Crippen LogP contribution in [0.15, 0.2) is 33.9 Å². The molecule has 2 rings (SSSR count). The molecule has 2 aliphatic rings. The number of hydrogen-bond acceptors (Lipinski definition) is 8. The van der Waals surface area contributed by atoms with Gasteiger partial charge in [-0.1, -0.05) is 11.6 Å². The van der Waals surface area contributed by atoms with Gasteiger partial charge in [-0.05, 0) is 12.8 Å². The maximum Gasteiger partial charge on any atom is 0.334 e. The molecule has 0 N–H and O–H groups in total. The Morgan fingerprint density at radius 1 is 0.769 bits per heavy atom. The van der Waals surface area contributed by atoms with Crippen molar-refractivity contribution < 1.29 is 38.1 Å². The van der Waals surface area contributed by atoms with Gasteiger partial charge in [0.15, 0.2) is 0 Å². The predicted octanol–water partition coefficient (Wildman–Crippen LogP) is 1.01. The second-order valence-electron chi connectivity index (χ2n) is 5.73. The van der Waals surface area contributed by atoms with Crippen LogP contribution in [0.1, 0.15) is 19.3 Å². The summed E-state index contributed by atoms with van der Waals surface area (Å²) < 4.78 is 19.1. The fraction of sp³-hybridized carbons (Fsp3) is 0.444. The summed E-state index contributed by atoms with van der Waals surface area (Å²) in [7, 11) is 4.86. The van der Waals surface area contributed by atoms with E-state index in [9.17, 15) is 19.2 Å². The zero-order valence-electron chi connectivity index (χ0n) is 15.0. The molecular formula is C18H20O8. The van der Waals surface area contributed by atoms with Crippen molar-refractivity contribution in [3.63, 3.8) is 0 Å². The lowest BCUT2D eigenvalue weighted by atomic mass is 9.71. The van der Waals surface area contributed by atoms with E-state index in [0.29, 0.717) is 0 Å². The van der Waals surface area contributed by atoms with Gasteiger partial charge in [-0.2, -0.15) is 0 Å². The van der Waals surface area contributed by atoms with Crippen LogP contribution in [-0.4, -0.2) is 52.3 Å². The lowest BCUT2D eigenvalue weighted by Gasteiger charge is -2.32. The van der Waals surface area contributed by atoms with Gasteiger partial charge >= 0.3 is 23.9 Å². The molecule has 1 unspecified atom stereocenters. The molecule has 0 spiro atoms. The SMILES string of the molecule is COC(=O)C1=C(C(=O)OC)CC2C(=CCC(C(=O)OC)=C2C(=O)OC)C1. The van der Waals surface area contributed by atoms with Crippen molar-refractivity contribution in [1.29, 1.82) is 0 Å². The highest BCUT2D eigenvalue weighted by Crippen LogP contribution is 2.43. The smallest absolute Gasteiger partial charge is 0.334 e. The molecule has 0 saturated heterocycles. The van der Waals surface area contributed by atoms with Crippen LogP contribution in [0.3, 0.4) is 0 Å². The van der Waals surface area contributed by atoms with E-state index >= 15 is 0 Å². The van der Waals surface area contributed by atoms with Crippen LogP contribution < -0.4 is 0 Å². The molecule has 1 atom stereocenters. The molecule has 140 valence electrons. The number of allylic oxidation sites excluding steroid dienone is 2. The van der Waals surface area contributed by atoms with E-state index in [2.05, 4.69) is 0 Å². The number of methoxy groups -OCH3 is 4. The maximum absolute atomic E-state index is 12.3. The molecule has 0 aromatic heterocycles. The average molecular weight is 364 g/mol. The lowest BCUT2D eigenvalue weighted by Crippen LogP contribution is -2.31. The van der Waals surface area contributed by atoms with Gasteiger partial charge < -0.3 is 18.9 Å². The lowest BCUT2D eigenvalue weighted by molar-refractivity contribution is -0.140. The van der Waals surface area contributed by atoms with Crippen molar-refractivity contribution in [2.24, 2.45) is 5.92 Å². The van der Waals surface area contributed by atoms with Crippen molar-refractivity contribution in [3.8, 4) is 0 Å². The summed E-state index contributed by atoms with van der Waals surface area (Å²) in [5.41, 5.74) is 1.37. The van der Waals surface area contributed by atoms with Crippen LogP contribution in [0.25, 0.3) is 0 Å². The van der Waals surface area contributed by atoms with E-state index < -0.39 is 29.8 Å². The van der Waals surface area contributed by atoms with E-state index in [1.807, 2.05) is 0 Å². The van der Waals surface area contributed by atoms with E-state index in [-0.39, 0.29) is 41.6 Å². The molecule has 0 aliphatic heterocycles. The summed E-state index contributed by atoms with van der Waals surface area (Å²) in [4.78, 5) is 48.6. The molecule has 0 aromatic carbocycles. The highest BCUT2D eigenvalue weighted by atomic mass is 16.5. The summed E-state index contributed by atoms with van der Waals surface area (Å²) >= 11 is 0. The number of hydrogen-bond donors (Lipinski definition) is 0. The average Bonchev–Trinajstić information content (AvgIpc) is 2.69. The normalized spacial score (nSPS) is 19.2. The van der Waals surface area contributed by atoms with Gasteiger partial charge in [-0.25, -0.2) is 19.2 Å². The van der Waals surface area contributed by atoms with E-state index in [1.165, 1.54) is 28.4 Å². The molecule has 8 heteroatoms. The standard InChI is InChI=1S/C18H20O8/c1-23-15(19)10-6-5-9-7-12(16(20)24-2)13(17(21)25-3)8-11(9)14(10)18(22)26-4/h5,11H,6-8H2,1-4H3. The summed E-state index contributed by atoms with van der Waals surface area (Å²) in [6.07, 6.45) is 2.08. The Hall–Kier alpha value is -2.90. The quantitative estimate of drug-likeness (QED) is 0.413. The van der Waals surface area contributed by atoms with Crippen LogP contribution in [0.2, 0.25) is 0 Å². The minimum absolute atomic E-state index is 0.0217. The van der Waals surface area contributed by atoms with Crippen LogP contribution in [0.4, 0.5) is 0 Å². The van der Waals surface area contributed by atoms with Crippen LogP contribution in [0.5, 0.6) is 0 Å². The first-order chi connectivity index (χ1) is 12.4. The Kier molecular flexibility index (Phi) is 5.97. The Bertz CT molecular complexity index is 739. The topological polar surface area (TPSA) is 105 Å².